The molecule has 0 aromatic heterocycles. The van der Waals surface area contributed by atoms with E-state index in [1.807, 2.05) is 13.8 Å². The van der Waals surface area contributed by atoms with Crippen LogP contribution in [0.15, 0.2) is 0 Å². The fraction of sp³-hybridized carbons (Fsp3) is 1.00. The van der Waals surface area contributed by atoms with E-state index in [0.29, 0.717) is 0 Å². The average molecular weight is 268 g/mol. The molecule has 6 unspecified atom stereocenters. The van der Waals surface area contributed by atoms with Gasteiger partial charge in [-0.2, -0.15) is 0 Å². The van der Waals surface area contributed by atoms with E-state index >= 15 is 0 Å². The molecule has 6 atom stereocenters. The second kappa shape index (κ2) is 5.56. The molecule has 0 saturated carbocycles. The van der Waals surface area contributed by atoms with E-state index in [1.165, 1.54) is 0 Å². The molecular weight excluding hydrogens is 246 g/mol. The second-order valence-electron chi connectivity index (χ2n) is 4.08. The maximum absolute atomic E-state index is 5.98. The topological polar surface area (TPSA) is 36.9 Å². The summed E-state index contributed by atoms with van der Waals surface area (Å²) in [5.74, 6) is -1.78. The zero-order valence-corrected chi connectivity index (χ0v) is 12.7. The van der Waals surface area contributed by atoms with Gasteiger partial charge in [0.1, 0.15) is 0 Å². The van der Waals surface area contributed by atoms with Crippen LogP contribution in [-0.4, -0.2) is 50.3 Å². The van der Waals surface area contributed by atoms with Crippen molar-refractivity contribution in [2.75, 3.05) is 26.5 Å². The van der Waals surface area contributed by atoms with Crippen molar-refractivity contribution in [1.82, 2.24) is 0 Å². The Morgan fingerprint density at radius 2 is 1.25 bits per heavy atom. The number of hydrogen-bond acceptors (Lipinski definition) is 4. The largest absolute Gasteiger partial charge is 0.349 e. The summed E-state index contributed by atoms with van der Waals surface area (Å²) < 4.78 is 22.8. The third kappa shape index (κ3) is 2.43. The van der Waals surface area contributed by atoms with Gasteiger partial charge in [-0.3, -0.25) is 0 Å². The van der Waals surface area contributed by atoms with Crippen LogP contribution < -0.4 is 0 Å². The lowest BCUT2D eigenvalue weighted by molar-refractivity contribution is -0.442. The second-order valence-corrected chi connectivity index (χ2v) is 5.03. The summed E-state index contributed by atoms with van der Waals surface area (Å²) in [5, 5.41) is 0. The van der Waals surface area contributed by atoms with Gasteiger partial charge < -0.3 is 18.9 Å². The minimum absolute atomic E-state index is 0.00400. The van der Waals surface area contributed by atoms with Crippen molar-refractivity contribution < 1.29 is 18.9 Å². The van der Waals surface area contributed by atoms with Crippen molar-refractivity contribution in [3.05, 3.63) is 0 Å². The lowest BCUT2D eigenvalue weighted by atomic mass is 10.0. The van der Waals surface area contributed by atoms with Gasteiger partial charge in [0, 0.05) is 14.2 Å². The highest BCUT2D eigenvalue weighted by Gasteiger charge is 2.55. The van der Waals surface area contributed by atoms with E-state index in [1.54, 1.807) is 14.2 Å². The van der Waals surface area contributed by atoms with E-state index in [-0.39, 0.29) is 12.2 Å². The van der Waals surface area contributed by atoms with Crippen LogP contribution in [0.1, 0.15) is 13.8 Å². The Morgan fingerprint density at radius 1 is 0.938 bits per heavy atom. The predicted molar refractivity (Wildman–Crippen MR) is 69.7 cm³/mol. The molecule has 1 aliphatic heterocycles. The van der Waals surface area contributed by atoms with Crippen molar-refractivity contribution in [3.8, 4) is 0 Å². The van der Waals surface area contributed by atoms with Crippen LogP contribution in [0, 0.1) is 0 Å². The van der Waals surface area contributed by atoms with Crippen LogP contribution in [-0.2, 0) is 18.9 Å². The third-order valence-corrected chi connectivity index (χ3v) is 4.17. The normalized spacial score (nSPS) is 44.6. The molecule has 0 amide bonds. The average Bonchev–Trinajstić information content (AvgIpc) is 2.31. The van der Waals surface area contributed by atoms with Gasteiger partial charge >= 0.3 is 0 Å². The van der Waals surface area contributed by atoms with Gasteiger partial charge in [-0.05, 0) is 26.2 Å². The Hall–Kier alpha value is 0.700. The van der Waals surface area contributed by atoms with Crippen molar-refractivity contribution in [3.63, 3.8) is 0 Å². The van der Waals surface area contributed by atoms with E-state index in [2.05, 4.69) is 18.5 Å². The first kappa shape index (κ1) is 14.8. The Labute approximate surface area is 102 Å². The van der Waals surface area contributed by atoms with Gasteiger partial charge in [0.2, 0.25) is 11.6 Å². The first-order chi connectivity index (χ1) is 7.46. The van der Waals surface area contributed by atoms with E-state index in [9.17, 15) is 0 Å². The number of ether oxygens (including phenoxy) is 4. The molecule has 0 spiro atoms. The summed E-state index contributed by atoms with van der Waals surface area (Å²) in [6.07, 6.45) is 1.60. The highest BCUT2D eigenvalue weighted by Crippen LogP contribution is 2.39. The first-order valence-corrected chi connectivity index (χ1v) is 6.95. The summed E-state index contributed by atoms with van der Waals surface area (Å²) in [4.78, 5) is 0. The lowest BCUT2D eigenvalue weighted by Crippen LogP contribution is -2.65. The minimum atomic E-state index is -0.890. The van der Waals surface area contributed by atoms with Crippen LogP contribution in [0.2, 0.25) is 0 Å². The molecule has 0 bridgehead atoms. The van der Waals surface area contributed by atoms with Crippen LogP contribution >= 0.6 is 18.5 Å². The molecule has 0 N–H and O–H groups in total. The maximum atomic E-state index is 5.98. The van der Waals surface area contributed by atoms with Crippen molar-refractivity contribution >= 4 is 18.5 Å². The molecule has 0 aromatic carbocycles. The summed E-state index contributed by atoms with van der Waals surface area (Å²) in [6, 6.07) is 0. The lowest BCUT2D eigenvalue weighted by Gasteiger charge is -2.51. The molecule has 16 heavy (non-hydrogen) atoms. The molecule has 1 fully saturated rings. The highest BCUT2D eigenvalue weighted by molar-refractivity contribution is 7.17. The third-order valence-electron chi connectivity index (χ3n) is 3.24. The van der Waals surface area contributed by atoms with Gasteiger partial charge in [0.25, 0.3) is 0 Å². The van der Waals surface area contributed by atoms with Crippen LogP contribution in [0.4, 0.5) is 0 Å². The predicted octanol–water partition coefficient (Wildman–Crippen LogP) is 1.25. The van der Waals surface area contributed by atoms with Crippen LogP contribution in [0.5, 0.6) is 0 Å². The SMILES string of the molecule is COC1(C)OC(CP)C(CP)OC1(C)OC. The molecule has 96 valence electrons. The fourth-order valence-corrected chi connectivity index (χ4v) is 2.61. The van der Waals surface area contributed by atoms with E-state index in [4.69, 9.17) is 18.9 Å². The van der Waals surface area contributed by atoms with Crippen molar-refractivity contribution in [1.29, 1.82) is 0 Å². The minimum Gasteiger partial charge on any atom is -0.349 e. The monoisotopic (exact) mass is 268 g/mol. The van der Waals surface area contributed by atoms with Gasteiger partial charge in [-0.15, -0.1) is 18.5 Å². The molecule has 4 nitrogen and oxygen atoms in total. The van der Waals surface area contributed by atoms with Gasteiger partial charge in [0.05, 0.1) is 12.2 Å². The van der Waals surface area contributed by atoms with Gasteiger partial charge in [0.15, 0.2) is 0 Å². The molecular formula is C10H22O4P2. The summed E-state index contributed by atoms with van der Waals surface area (Å²) in [7, 11) is 8.55. The fourth-order valence-electron chi connectivity index (χ4n) is 1.81. The smallest absolute Gasteiger partial charge is 0.220 e. The Balaban J connectivity index is 2.94. The molecule has 1 rings (SSSR count). The first-order valence-electron chi connectivity index (χ1n) is 5.32. The standard InChI is InChI=1S/C10H22O4P2/c1-9(11-3)10(2,12-4)14-8(6-16)7(5-15)13-9/h7-8H,5-6,15-16H2,1-4H3. The molecule has 0 radical (unpaired) electrons. The summed E-state index contributed by atoms with van der Waals surface area (Å²) >= 11 is 0. The Bertz CT molecular complexity index is 217. The van der Waals surface area contributed by atoms with Crippen LogP contribution in [0.3, 0.4) is 0 Å². The summed E-state index contributed by atoms with van der Waals surface area (Å²) in [5.41, 5.74) is 0. The van der Waals surface area contributed by atoms with Crippen LogP contribution in [0.25, 0.3) is 0 Å². The van der Waals surface area contributed by atoms with E-state index in [0.717, 1.165) is 12.3 Å². The summed E-state index contributed by atoms with van der Waals surface area (Å²) in [6.45, 7) is 3.67. The van der Waals surface area contributed by atoms with Gasteiger partial charge in [-0.25, -0.2) is 0 Å². The quantitative estimate of drug-likeness (QED) is 0.719. The zero-order valence-electron chi connectivity index (χ0n) is 10.4. The molecule has 1 saturated heterocycles. The molecule has 0 aliphatic carbocycles. The maximum Gasteiger partial charge on any atom is 0.220 e. The highest BCUT2D eigenvalue weighted by atomic mass is 31.0. The molecule has 1 heterocycles. The van der Waals surface area contributed by atoms with Gasteiger partial charge in [-0.1, -0.05) is 0 Å². The molecule has 6 heteroatoms. The number of hydrogen-bond donors (Lipinski definition) is 0. The van der Waals surface area contributed by atoms with Crippen molar-refractivity contribution in [2.45, 2.75) is 37.6 Å². The van der Waals surface area contributed by atoms with Crippen molar-refractivity contribution in [2.24, 2.45) is 0 Å². The molecule has 1 aliphatic rings. The zero-order chi connectivity index (χ0) is 12.4. The molecule has 0 aromatic rings. The van der Waals surface area contributed by atoms with E-state index < -0.39 is 11.6 Å². The number of rotatable bonds is 4. The number of methoxy groups -OCH3 is 2. The Kier molecular flexibility index (Phi) is 5.13. The Morgan fingerprint density at radius 3 is 1.44 bits per heavy atom.